The Kier molecular flexibility index (Phi) is 6.92. The lowest BCUT2D eigenvalue weighted by Gasteiger charge is -2.19. The molecule has 1 N–H and O–H groups in total. The highest BCUT2D eigenvalue weighted by Crippen LogP contribution is 2.28. The molecule has 3 heteroatoms. The summed E-state index contributed by atoms with van der Waals surface area (Å²) in [6.07, 6.45) is 5.89. The van der Waals surface area contributed by atoms with Gasteiger partial charge in [-0.15, -0.1) is 0 Å². The first-order valence-corrected chi connectivity index (χ1v) is 10.4. The van der Waals surface area contributed by atoms with Crippen LogP contribution in [0.4, 0.5) is 5.69 Å². The van der Waals surface area contributed by atoms with Crippen LogP contribution in [0.5, 0.6) is 0 Å². The molecular weight excluding hydrogens is 332 g/mol. The summed E-state index contributed by atoms with van der Waals surface area (Å²) in [4.78, 5) is 14.9. The SMILES string of the molecule is CCCC[C@H](CC)CNC(=O)c1ccc(CN2CCc3ccccc32)cc1. The maximum absolute atomic E-state index is 12.4. The number of nitrogens with zero attached hydrogens (tertiary/aromatic N) is 1. The second kappa shape index (κ2) is 9.59. The van der Waals surface area contributed by atoms with Gasteiger partial charge in [0.05, 0.1) is 0 Å². The molecule has 0 aliphatic carbocycles. The van der Waals surface area contributed by atoms with Gasteiger partial charge < -0.3 is 10.2 Å². The van der Waals surface area contributed by atoms with Crippen LogP contribution in [-0.2, 0) is 13.0 Å². The van der Waals surface area contributed by atoms with E-state index in [9.17, 15) is 4.79 Å². The standard InChI is InChI=1S/C24H32N2O/c1-3-5-8-19(4-2)17-25-24(27)22-13-11-20(12-14-22)18-26-16-15-21-9-6-7-10-23(21)26/h6-7,9-14,19H,3-5,8,15-18H2,1-2H3,(H,25,27)/t19-/m0/s1. The number of carbonyl (C=O) groups is 1. The fourth-order valence-electron chi connectivity index (χ4n) is 3.84. The summed E-state index contributed by atoms with van der Waals surface area (Å²) >= 11 is 0. The van der Waals surface area contributed by atoms with Crippen LogP contribution in [-0.4, -0.2) is 19.0 Å². The summed E-state index contributed by atoms with van der Waals surface area (Å²) in [6, 6.07) is 16.7. The smallest absolute Gasteiger partial charge is 0.251 e. The molecule has 0 fully saturated rings. The average Bonchev–Trinajstić information content (AvgIpc) is 3.11. The molecule has 0 bridgehead atoms. The van der Waals surface area contributed by atoms with E-state index in [-0.39, 0.29) is 5.91 Å². The third-order valence-corrected chi connectivity index (χ3v) is 5.67. The van der Waals surface area contributed by atoms with Gasteiger partial charge in [0.25, 0.3) is 5.91 Å². The largest absolute Gasteiger partial charge is 0.367 e. The molecule has 0 saturated heterocycles. The van der Waals surface area contributed by atoms with E-state index in [1.165, 1.54) is 36.1 Å². The van der Waals surface area contributed by atoms with Crippen molar-refractivity contribution in [2.75, 3.05) is 18.0 Å². The van der Waals surface area contributed by atoms with Gasteiger partial charge >= 0.3 is 0 Å². The van der Waals surface area contributed by atoms with Gasteiger partial charge in [-0.25, -0.2) is 0 Å². The van der Waals surface area contributed by atoms with Crippen LogP contribution >= 0.6 is 0 Å². The zero-order chi connectivity index (χ0) is 19.1. The van der Waals surface area contributed by atoms with Crippen molar-refractivity contribution in [3.05, 3.63) is 65.2 Å². The van der Waals surface area contributed by atoms with Gasteiger partial charge in [-0.2, -0.15) is 0 Å². The normalized spacial score (nSPS) is 14.1. The topological polar surface area (TPSA) is 32.3 Å². The molecule has 1 aliphatic heterocycles. The zero-order valence-corrected chi connectivity index (χ0v) is 16.7. The molecule has 0 unspecified atom stereocenters. The number of hydrogen-bond acceptors (Lipinski definition) is 2. The number of anilines is 1. The lowest BCUT2D eigenvalue weighted by atomic mass is 9.99. The molecule has 0 radical (unpaired) electrons. The lowest BCUT2D eigenvalue weighted by Crippen LogP contribution is -2.29. The number of para-hydroxylation sites is 1. The number of unbranched alkanes of at least 4 members (excludes halogenated alkanes) is 1. The van der Waals surface area contributed by atoms with Crippen molar-refractivity contribution in [3.63, 3.8) is 0 Å². The van der Waals surface area contributed by atoms with Crippen molar-refractivity contribution < 1.29 is 4.79 Å². The molecule has 0 spiro atoms. The van der Waals surface area contributed by atoms with Crippen molar-refractivity contribution in [2.24, 2.45) is 5.92 Å². The van der Waals surface area contributed by atoms with Crippen LogP contribution in [0.25, 0.3) is 0 Å². The Morgan fingerprint density at radius 3 is 2.63 bits per heavy atom. The maximum atomic E-state index is 12.4. The van der Waals surface area contributed by atoms with Crippen molar-refractivity contribution in [3.8, 4) is 0 Å². The molecule has 1 amide bonds. The number of hydrogen-bond donors (Lipinski definition) is 1. The van der Waals surface area contributed by atoms with Gasteiger partial charge in [-0.3, -0.25) is 4.79 Å². The third-order valence-electron chi connectivity index (χ3n) is 5.67. The maximum Gasteiger partial charge on any atom is 0.251 e. The predicted molar refractivity (Wildman–Crippen MR) is 113 cm³/mol. The molecule has 1 heterocycles. The van der Waals surface area contributed by atoms with Gasteiger partial charge in [0.2, 0.25) is 0 Å². The quantitative estimate of drug-likeness (QED) is 0.663. The first-order valence-electron chi connectivity index (χ1n) is 10.4. The number of nitrogens with one attached hydrogen (secondary N) is 1. The van der Waals surface area contributed by atoms with E-state index in [1.54, 1.807) is 0 Å². The van der Waals surface area contributed by atoms with Crippen molar-refractivity contribution >= 4 is 11.6 Å². The molecular formula is C24H32N2O. The number of fused-ring (bicyclic) bond motifs is 1. The molecule has 2 aromatic rings. The summed E-state index contributed by atoms with van der Waals surface area (Å²) in [5.74, 6) is 0.631. The van der Waals surface area contributed by atoms with Gasteiger partial charge in [0.1, 0.15) is 0 Å². The minimum atomic E-state index is 0.0445. The molecule has 27 heavy (non-hydrogen) atoms. The number of amides is 1. The Hall–Kier alpha value is -2.29. The highest BCUT2D eigenvalue weighted by molar-refractivity contribution is 5.94. The molecule has 1 atom stereocenters. The number of rotatable bonds is 9. The second-order valence-corrected chi connectivity index (χ2v) is 7.62. The average molecular weight is 365 g/mol. The van der Waals surface area contributed by atoms with Crippen LogP contribution in [0.15, 0.2) is 48.5 Å². The van der Waals surface area contributed by atoms with Crippen LogP contribution in [0, 0.1) is 5.92 Å². The van der Waals surface area contributed by atoms with E-state index in [1.807, 2.05) is 12.1 Å². The fraction of sp³-hybridized carbons (Fsp3) is 0.458. The van der Waals surface area contributed by atoms with E-state index < -0.39 is 0 Å². The van der Waals surface area contributed by atoms with E-state index in [0.29, 0.717) is 5.92 Å². The Bertz CT molecular complexity index is 738. The zero-order valence-electron chi connectivity index (χ0n) is 16.7. The van der Waals surface area contributed by atoms with Gasteiger partial charge in [0, 0.05) is 30.9 Å². The molecule has 3 rings (SSSR count). The molecule has 3 nitrogen and oxygen atoms in total. The minimum absolute atomic E-state index is 0.0445. The molecule has 0 saturated carbocycles. The molecule has 144 valence electrons. The predicted octanol–water partition coefficient (Wildman–Crippen LogP) is 5.20. The Morgan fingerprint density at radius 1 is 1.11 bits per heavy atom. The monoisotopic (exact) mass is 364 g/mol. The summed E-state index contributed by atoms with van der Waals surface area (Å²) in [5.41, 5.74) is 4.78. The first kappa shape index (κ1) is 19.5. The second-order valence-electron chi connectivity index (χ2n) is 7.62. The van der Waals surface area contributed by atoms with Gasteiger partial charge in [-0.05, 0) is 48.1 Å². The summed E-state index contributed by atoms with van der Waals surface area (Å²) in [6.45, 7) is 7.17. The summed E-state index contributed by atoms with van der Waals surface area (Å²) in [7, 11) is 0. The van der Waals surface area contributed by atoms with E-state index in [2.05, 4.69) is 60.5 Å². The molecule has 0 aromatic heterocycles. The number of benzene rings is 2. The van der Waals surface area contributed by atoms with E-state index in [0.717, 1.165) is 38.0 Å². The van der Waals surface area contributed by atoms with Crippen LogP contribution in [0.1, 0.15) is 61.0 Å². The van der Waals surface area contributed by atoms with E-state index in [4.69, 9.17) is 0 Å². The van der Waals surface area contributed by atoms with Crippen molar-refractivity contribution in [1.82, 2.24) is 5.32 Å². The summed E-state index contributed by atoms with van der Waals surface area (Å²) < 4.78 is 0. The Labute approximate surface area is 163 Å². The lowest BCUT2D eigenvalue weighted by molar-refractivity contribution is 0.0946. The van der Waals surface area contributed by atoms with Gasteiger partial charge in [-0.1, -0.05) is 63.4 Å². The van der Waals surface area contributed by atoms with Crippen molar-refractivity contribution in [1.29, 1.82) is 0 Å². The van der Waals surface area contributed by atoms with Crippen molar-refractivity contribution in [2.45, 2.75) is 52.5 Å². The minimum Gasteiger partial charge on any atom is -0.367 e. The van der Waals surface area contributed by atoms with Gasteiger partial charge in [0.15, 0.2) is 0 Å². The van der Waals surface area contributed by atoms with E-state index >= 15 is 0 Å². The number of carbonyl (C=O) groups excluding carboxylic acids is 1. The summed E-state index contributed by atoms with van der Waals surface area (Å²) in [5, 5.41) is 3.12. The highest BCUT2D eigenvalue weighted by Gasteiger charge is 2.18. The highest BCUT2D eigenvalue weighted by atomic mass is 16.1. The Morgan fingerprint density at radius 2 is 1.89 bits per heavy atom. The first-order chi connectivity index (χ1) is 13.2. The third kappa shape index (κ3) is 5.12. The fourth-order valence-corrected chi connectivity index (χ4v) is 3.84. The molecule has 1 aliphatic rings. The Balaban J connectivity index is 1.53. The molecule has 2 aromatic carbocycles. The van der Waals surface area contributed by atoms with Crippen LogP contribution in [0.2, 0.25) is 0 Å². The van der Waals surface area contributed by atoms with Crippen LogP contribution < -0.4 is 10.2 Å². The van der Waals surface area contributed by atoms with Crippen LogP contribution in [0.3, 0.4) is 0 Å².